The summed E-state index contributed by atoms with van der Waals surface area (Å²) in [5, 5.41) is 13.1. The first-order valence-electron chi connectivity index (χ1n) is 9.85. The van der Waals surface area contributed by atoms with Crippen LogP contribution in [0.15, 0.2) is 78.9 Å². The van der Waals surface area contributed by atoms with Crippen LogP contribution in [0.5, 0.6) is 0 Å². The van der Waals surface area contributed by atoms with Crippen LogP contribution in [-0.4, -0.2) is 22.8 Å². The Morgan fingerprint density at radius 3 is 2.19 bits per heavy atom. The van der Waals surface area contributed by atoms with Crippen LogP contribution in [0, 0.1) is 21.8 Å². The summed E-state index contributed by atoms with van der Waals surface area (Å²) in [6.07, 6.45) is -1.17. The molecule has 9 heteroatoms. The predicted molar refractivity (Wildman–Crippen MR) is 112 cm³/mol. The van der Waals surface area contributed by atoms with E-state index in [9.17, 15) is 24.1 Å². The lowest BCUT2D eigenvalue weighted by atomic mass is 9.89. The van der Waals surface area contributed by atoms with Crippen molar-refractivity contribution in [3.8, 4) is 0 Å². The third kappa shape index (κ3) is 3.02. The number of nitro groups is 1. The molecule has 0 saturated carbocycles. The van der Waals surface area contributed by atoms with E-state index in [-0.39, 0.29) is 16.9 Å². The number of benzene rings is 3. The van der Waals surface area contributed by atoms with Crippen molar-refractivity contribution in [2.45, 2.75) is 12.1 Å². The molecule has 8 nitrogen and oxygen atoms in total. The number of fused-ring (bicyclic) bond motifs is 1. The van der Waals surface area contributed by atoms with Gasteiger partial charge in [-0.3, -0.25) is 24.5 Å². The zero-order chi connectivity index (χ0) is 22.4. The average molecular weight is 433 g/mol. The molecule has 3 atom stereocenters. The summed E-state index contributed by atoms with van der Waals surface area (Å²) < 4.78 is 13.4. The highest BCUT2D eigenvalue weighted by Crippen LogP contribution is 2.49. The molecule has 0 spiro atoms. The number of hydrogen-bond donors (Lipinski definition) is 0. The van der Waals surface area contributed by atoms with Crippen molar-refractivity contribution in [3.05, 3.63) is 100 Å². The molecule has 3 aromatic rings. The summed E-state index contributed by atoms with van der Waals surface area (Å²) in [5.74, 6) is -2.69. The van der Waals surface area contributed by atoms with Crippen molar-refractivity contribution >= 4 is 28.9 Å². The number of anilines is 2. The highest BCUT2D eigenvalue weighted by molar-refractivity contribution is 6.23. The Balaban J connectivity index is 1.63. The van der Waals surface area contributed by atoms with E-state index in [1.807, 2.05) is 0 Å². The maximum Gasteiger partial charge on any atom is 0.274 e. The van der Waals surface area contributed by atoms with Crippen LogP contribution >= 0.6 is 0 Å². The molecule has 3 aromatic carbocycles. The Morgan fingerprint density at radius 1 is 0.844 bits per heavy atom. The summed E-state index contributed by atoms with van der Waals surface area (Å²) in [6, 6.07) is 18.9. The second-order valence-corrected chi connectivity index (χ2v) is 7.46. The summed E-state index contributed by atoms with van der Waals surface area (Å²) in [7, 11) is 0. The molecule has 32 heavy (non-hydrogen) atoms. The van der Waals surface area contributed by atoms with Crippen molar-refractivity contribution in [2.75, 3.05) is 9.96 Å². The highest BCUT2D eigenvalue weighted by atomic mass is 19.1. The number of amides is 2. The zero-order valence-electron chi connectivity index (χ0n) is 16.5. The minimum Gasteiger partial charge on any atom is -0.273 e. The minimum atomic E-state index is -1.17. The number of carbonyl (C=O) groups excluding carboxylic acids is 2. The van der Waals surface area contributed by atoms with E-state index in [2.05, 4.69) is 0 Å². The second-order valence-electron chi connectivity index (χ2n) is 7.46. The fourth-order valence-corrected chi connectivity index (χ4v) is 4.28. The van der Waals surface area contributed by atoms with E-state index in [0.717, 1.165) is 17.0 Å². The van der Waals surface area contributed by atoms with Gasteiger partial charge in [0.1, 0.15) is 17.8 Å². The first-order valence-corrected chi connectivity index (χ1v) is 9.85. The number of nitrogens with zero attached hydrogens (tertiary/aromatic N) is 3. The van der Waals surface area contributed by atoms with Crippen molar-refractivity contribution in [1.29, 1.82) is 0 Å². The van der Waals surface area contributed by atoms with Gasteiger partial charge in [0, 0.05) is 6.07 Å². The van der Waals surface area contributed by atoms with E-state index >= 15 is 0 Å². The summed E-state index contributed by atoms with van der Waals surface area (Å²) in [5.41, 5.74) is 0.852. The van der Waals surface area contributed by atoms with E-state index in [0.29, 0.717) is 5.69 Å². The molecule has 2 saturated heterocycles. The first-order chi connectivity index (χ1) is 15.5. The number of para-hydroxylation sites is 2. The molecule has 2 amide bonds. The quantitative estimate of drug-likeness (QED) is 0.353. The van der Waals surface area contributed by atoms with Crippen LogP contribution in [0.2, 0.25) is 0 Å². The molecule has 2 aliphatic heterocycles. The molecule has 0 aliphatic carbocycles. The van der Waals surface area contributed by atoms with E-state index in [4.69, 9.17) is 4.84 Å². The zero-order valence-corrected chi connectivity index (χ0v) is 16.5. The SMILES string of the molecule is O=C1[C@H]2[C@@H](c3ccccc3[N+](=O)[O-])N(c3ccccc3)O[C@H]2C(=O)N1c1ccc(F)cc1. The lowest BCUT2D eigenvalue weighted by Crippen LogP contribution is -2.37. The van der Waals surface area contributed by atoms with Crippen LogP contribution < -0.4 is 9.96 Å². The molecule has 0 bridgehead atoms. The fourth-order valence-electron chi connectivity index (χ4n) is 4.28. The molecular weight excluding hydrogens is 417 g/mol. The average Bonchev–Trinajstić information content (AvgIpc) is 3.31. The lowest BCUT2D eigenvalue weighted by Gasteiger charge is -2.28. The van der Waals surface area contributed by atoms with Gasteiger partial charge in [0.25, 0.3) is 11.6 Å². The smallest absolute Gasteiger partial charge is 0.273 e. The molecule has 5 rings (SSSR count). The summed E-state index contributed by atoms with van der Waals surface area (Å²) >= 11 is 0. The number of halogens is 1. The van der Waals surface area contributed by atoms with Crippen molar-refractivity contribution in [2.24, 2.45) is 5.92 Å². The monoisotopic (exact) mass is 433 g/mol. The Morgan fingerprint density at radius 2 is 1.50 bits per heavy atom. The second kappa shape index (κ2) is 7.54. The van der Waals surface area contributed by atoms with Crippen molar-refractivity contribution in [3.63, 3.8) is 0 Å². The molecule has 0 aromatic heterocycles. The fraction of sp³-hybridized carbons (Fsp3) is 0.130. The normalized spacial score (nSPS) is 22.3. The molecule has 0 unspecified atom stereocenters. The van der Waals surface area contributed by atoms with Crippen LogP contribution in [0.3, 0.4) is 0 Å². The molecule has 0 radical (unpaired) electrons. The highest BCUT2D eigenvalue weighted by Gasteiger charge is 2.61. The van der Waals surface area contributed by atoms with Gasteiger partial charge in [-0.05, 0) is 42.5 Å². The van der Waals surface area contributed by atoms with Crippen molar-refractivity contribution < 1.29 is 23.7 Å². The largest absolute Gasteiger partial charge is 0.274 e. The van der Waals surface area contributed by atoms with Gasteiger partial charge in [0.2, 0.25) is 5.91 Å². The third-order valence-electron chi connectivity index (χ3n) is 5.66. The van der Waals surface area contributed by atoms with Gasteiger partial charge in [-0.1, -0.05) is 30.3 Å². The third-order valence-corrected chi connectivity index (χ3v) is 5.66. The Bertz CT molecular complexity index is 1220. The van der Waals surface area contributed by atoms with E-state index < -0.39 is 40.6 Å². The number of nitro benzene ring substituents is 1. The Hall–Kier alpha value is -4.11. The Kier molecular flexibility index (Phi) is 4.67. The maximum atomic E-state index is 13.5. The number of hydrogen-bond acceptors (Lipinski definition) is 6. The standard InChI is InChI=1S/C23H16FN3O5/c24-14-10-12-15(13-11-14)25-22(28)19-20(17-8-4-5-9-18(17)27(30)31)26(32-21(19)23(25)29)16-6-2-1-3-7-16/h1-13,19-21H/t19-,20+,21+/m0/s1. The van der Waals surface area contributed by atoms with Gasteiger partial charge in [0.15, 0.2) is 6.10 Å². The van der Waals surface area contributed by atoms with Crippen LogP contribution in [0.25, 0.3) is 0 Å². The summed E-state index contributed by atoms with van der Waals surface area (Å²) in [4.78, 5) is 44.8. The number of rotatable bonds is 4. The number of imide groups is 1. The predicted octanol–water partition coefficient (Wildman–Crippen LogP) is 3.79. The van der Waals surface area contributed by atoms with Crippen LogP contribution in [0.4, 0.5) is 21.5 Å². The van der Waals surface area contributed by atoms with Gasteiger partial charge in [-0.2, -0.15) is 0 Å². The summed E-state index contributed by atoms with van der Waals surface area (Å²) in [6.45, 7) is 0. The lowest BCUT2D eigenvalue weighted by molar-refractivity contribution is -0.385. The molecule has 2 heterocycles. The van der Waals surface area contributed by atoms with Crippen LogP contribution in [0.1, 0.15) is 11.6 Å². The van der Waals surface area contributed by atoms with Gasteiger partial charge in [-0.25, -0.2) is 14.4 Å². The van der Waals surface area contributed by atoms with Gasteiger partial charge in [0.05, 0.1) is 21.9 Å². The van der Waals surface area contributed by atoms with Crippen molar-refractivity contribution in [1.82, 2.24) is 0 Å². The maximum absolute atomic E-state index is 13.5. The minimum absolute atomic E-state index is 0.178. The van der Waals surface area contributed by atoms with E-state index in [1.54, 1.807) is 42.5 Å². The van der Waals surface area contributed by atoms with Gasteiger partial charge < -0.3 is 0 Å². The molecule has 0 N–H and O–H groups in total. The molecule has 160 valence electrons. The molecule has 2 aliphatic rings. The van der Waals surface area contributed by atoms with Crippen LogP contribution in [-0.2, 0) is 14.4 Å². The number of hydroxylamine groups is 1. The Labute approximate surface area is 181 Å². The van der Waals surface area contributed by atoms with Gasteiger partial charge >= 0.3 is 0 Å². The number of carbonyl (C=O) groups is 2. The topological polar surface area (TPSA) is 93.0 Å². The molecule has 2 fully saturated rings. The molecular formula is C23H16FN3O5. The first kappa shape index (κ1) is 19.8. The van der Waals surface area contributed by atoms with Gasteiger partial charge in [-0.15, -0.1) is 0 Å². The van der Waals surface area contributed by atoms with E-state index in [1.165, 1.54) is 29.3 Å².